The number of ether oxygens (including phenoxy) is 1. The quantitative estimate of drug-likeness (QED) is 0.383. The molecule has 28 heavy (non-hydrogen) atoms. The Morgan fingerprint density at radius 3 is 2.75 bits per heavy atom. The number of allylic oxidation sites excluding steroid dienone is 2. The van der Waals surface area contributed by atoms with Gasteiger partial charge in [-0.3, -0.25) is 4.79 Å². The highest BCUT2D eigenvalue weighted by Crippen LogP contribution is 2.47. The number of rotatable bonds is 10. The van der Waals surface area contributed by atoms with E-state index in [4.69, 9.17) is 9.84 Å². The molecule has 160 valence electrons. The first-order valence-electron chi connectivity index (χ1n) is 10.4. The van der Waals surface area contributed by atoms with Crippen LogP contribution in [0.3, 0.4) is 0 Å². The number of hydrogen-bond donors (Lipinski definition) is 3. The van der Waals surface area contributed by atoms with Crippen molar-refractivity contribution in [1.29, 1.82) is 0 Å². The van der Waals surface area contributed by atoms with Crippen LogP contribution in [-0.4, -0.2) is 45.8 Å². The van der Waals surface area contributed by atoms with Crippen LogP contribution in [0.2, 0.25) is 0 Å². The standard InChI is InChI=1S/C22H35FO5/c1-4-5-12-22(2,3)18(25)11-10-14-15(24)13-17-20(14)21(23)16(28-17)8-6-7-9-19(26)27/h8,10-11,14-15,17-18,20-21,24-25H,4-7,9,12-13H2,1-3H3,(H,26,27)/t14-,15+,17+,18+,20+,21+/m0/s1. The largest absolute Gasteiger partial charge is 0.491 e. The summed E-state index contributed by atoms with van der Waals surface area (Å²) in [5.41, 5.74) is -0.272. The number of aliphatic hydroxyl groups excluding tert-OH is 2. The van der Waals surface area contributed by atoms with Crippen LogP contribution in [-0.2, 0) is 9.53 Å². The van der Waals surface area contributed by atoms with E-state index >= 15 is 0 Å². The maximum atomic E-state index is 15.0. The first kappa shape index (κ1) is 22.9. The van der Waals surface area contributed by atoms with Gasteiger partial charge >= 0.3 is 5.97 Å². The van der Waals surface area contributed by atoms with Crippen LogP contribution in [0.4, 0.5) is 4.39 Å². The molecule has 2 rings (SSSR count). The Kier molecular flexibility index (Phi) is 8.07. The Balaban J connectivity index is 2.00. The van der Waals surface area contributed by atoms with Gasteiger partial charge in [0, 0.05) is 24.7 Å². The Morgan fingerprint density at radius 1 is 1.39 bits per heavy atom. The number of fused-ring (bicyclic) bond motifs is 1. The fourth-order valence-electron chi connectivity index (χ4n) is 4.19. The second kappa shape index (κ2) is 9.88. The number of carbonyl (C=O) groups is 1. The first-order chi connectivity index (χ1) is 13.2. The summed E-state index contributed by atoms with van der Waals surface area (Å²) >= 11 is 0. The number of hydrogen-bond acceptors (Lipinski definition) is 4. The molecule has 1 saturated carbocycles. The molecular formula is C22H35FO5. The molecule has 0 radical (unpaired) electrons. The monoisotopic (exact) mass is 398 g/mol. The summed E-state index contributed by atoms with van der Waals surface area (Å²) in [4.78, 5) is 10.6. The number of aliphatic hydroxyl groups is 2. The molecule has 1 heterocycles. The zero-order valence-corrected chi connectivity index (χ0v) is 17.2. The van der Waals surface area contributed by atoms with Crippen molar-refractivity contribution in [3.05, 3.63) is 24.0 Å². The maximum Gasteiger partial charge on any atom is 0.303 e. The highest BCUT2D eigenvalue weighted by Gasteiger charge is 2.53. The van der Waals surface area contributed by atoms with E-state index < -0.39 is 36.2 Å². The number of alkyl halides is 1. The molecule has 0 aromatic heterocycles. The average Bonchev–Trinajstić information content (AvgIpc) is 3.09. The van der Waals surface area contributed by atoms with Gasteiger partial charge in [0.2, 0.25) is 0 Å². The van der Waals surface area contributed by atoms with Gasteiger partial charge in [-0.15, -0.1) is 0 Å². The lowest BCUT2D eigenvalue weighted by atomic mass is 9.80. The normalized spacial score (nSPS) is 32.6. The minimum atomic E-state index is -1.31. The predicted octanol–water partition coefficient (Wildman–Crippen LogP) is 3.99. The second-order valence-corrected chi connectivity index (χ2v) is 8.83. The van der Waals surface area contributed by atoms with Gasteiger partial charge in [0.25, 0.3) is 0 Å². The van der Waals surface area contributed by atoms with E-state index in [1.54, 1.807) is 18.2 Å². The average molecular weight is 399 g/mol. The maximum absolute atomic E-state index is 15.0. The van der Waals surface area contributed by atoms with Gasteiger partial charge < -0.3 is 20.1 Å². The summed E-state index contributed by atoms with van der Waals surface area (Å²) in [6.07, 6.45) is 6.36. The molecule has 3 N–H and O–H groups in total. The molecule has 0 bridgehead atoms. The molecule has 6 heteroatoms. The predicted molar refractivity (Wildman–Crippen MR) is 105 cm³/mol. The number of halogens is 1. The van der Waals surface area contributed by atoms with Gasteiger partial charge in [-0.05, 0) is 30.8 Å². The fourth-order valence-corrected chi connectivity index (χ4v) is 4.19. The molecule has 0 amide bonds. The molecule has 0 unspecified atom stereocenters. The summed E-state index contributed by atoms with van der Waals surface area (Å²) in [5.74, 6) is -1.48. The van der Waals surface area contributed by atoms with Crippen LogP contribution < -0.4 is 0 Å². The number of carboxylic acids is 1. The van der Waals surface area contributed by atoms with Gasteiger partial charge in [-0.25, -0.2) is 4.39 Å². The zero-order chi connectivity index (χ0) is 20.9. The van der Waals surface area contributed by atoms with Gasteiger partial charge in [0.05, 0.1) is 12.2 Å². The van der Waals surface area contributed by atoms with Crippen LogP contribution in [0.1, 0.15) is 65.7 Å². The van der Waals surface area contributed by atoms with Gasteiger partial charge in [0.15, 0.2) is 6.17 Å². The Morgan fingerprint density at radius 2 is 2.11 bits per heavy atom. The van der Waals surface area contributed by atoms with Crippen LogP contribution >= 0.6 is 0 Å². The molecule has 1 aliphatic carbocycles. The second-order valence-electron chi connectivity index (χ2n) is 8.83. The van der Waals surface area contributed by atoms with Crippen LogP contribution in [0, 0.1) is 17.3 Å². The van der Waals surface area contributed by atoms with E-state index in [1.165, 1.54) is 0 Å². The molecule has 0 aromatic rings. The molecule has 2 fully saturated rings. The fraction of sp³-hybridized carbons (Fsp3) is 0.773. The molecule has 0 aromatic carbocycles. The van der Waals surface area contributed by atoms with Crippen molar-refractivity contribution in [1.82, 2.24) is 0 Å². The minimum Gasteiger partial charge on any atom is -0.491 e. The van der Waals surface area contributed by atoms with Crippen molar-refractivity contribution in [2.75, 3.05) is 0 Å². The van der Waals surface area contributed by atoms with E-state index in [1.807, 2.05) is 13.8 Å². The lowest BCUT2D eigenvalue weighted by Crippen LogP contribution is -2.29. The summed E-state index contributed by atoms with van der Waals surface area (Å²) in [7, 11) is 0. The lowest BCUT2D eigenvalue weighted by molar-refractivity contribution is -0.137. The van der Waals surface area contributed by atoms with E-state index in [-0.39, 0.29) is 23.7 Å². The molecule has 6 atom stereocenters. The van der Waals surface area contributed by atoms with E-state index in [2.05, 4.69) is 6.92 Å². The highest BCUT2D eigenvalue weighted by molar-refractivity contribution is 5.66. The van der Waals surface area contributed by atoms with Crippen molar-refractivity contribution in [2.24, 2.45) is 17.3 Å². The number of carboxylic acid groups (broad SMARTS) is 1. The minimum absolute atomic E-state index is 0.0450. The summed E-state index contributed by atoms with van der Waals surface area (Å²) in [6.45, 7) is 6.14. The van der Waals surface area contributed by atoms with Gasteiger partial charge in [-0.2, -0.15) is 0 Å². The van der Waals surface area contributed by atoms with E-state index in [0.29, 0.717) is 19.3 Å². The SMILES string of the molecule is CCCCC(C)(C)[C@H](O)C=C[C@@H]1[C@H]2[C@H](F)C(=CCCCC(=O)O)O[C@@H]2C[C@H]1O. The third kappa shape index (κ3) is 5.57. The molecule has 1 aliphatic heterocycles. The van der Waals surface area contributed by atoms with Crippen LogP contribution in [0.15, 0.2) is 24.0 Å². The highest BCUT2D eigenvalue weighted by atomic mass is 19.1. The lowest BCUT2D eigenvalue weighted by Gasteiger charge is -2.29. The summed E-state index contributed by atoms with van der Waals surface area (Å²) in [5, 5.41) is 29.6. The Hall–Kier alpha value is -1.40. The molecule has 2 aliphatic rings. The van der Waals surface area contributed by atoms with E-state index in [9.17, 15) is 19.4 Å². The summed E-state index contributed by atoms with van der Waals surface area (Å²) < 4.78 is 20.7. The zero-order valence-electron chi connectivity index (χ0n) is 17.2. The molecular weight excluding hydrogens is 363 g/mol. The Labute approximate surface area is 167 Å². The van der Waals surface area contributed by atoms with Crippen molar-refractivity contribution < 1.29 is 29.2 Å². The van der Waals surface area contributed by atoms with E-state index in [0.717, 1.165) is 19.3 Å². The van der Waals surface area contributed by atoms with Crippen molar-refractivity contribution >= 4 is 5.97 Å². The third-order valence-electron chi connectivity index (χ3n) is 6.12. The molecule has 0 spiro atoms. The van der Waals surface area contributed by atoms with Crippen molar-refractivity contribution in [2.45, 2.75) is 90.2 Å². The first-order valence-corrected chi connectivity index (χ1v) is 10.4. The third-order valence-corrected chi connectivity index (χ3v) is 6.12. The molecule has 1 saturated heterocycles. The van der Waals surface area contributed by atoms with Gasteiger partial charge in [0.1, 0.15) is 11.9 Å². The van der Waals surface area contributed by atoms with Crippen LogP contribution in [0.5, 0.6) is 0 Å². The molecule has 5 nitrogen and oxygen atoms in total. The number of unbranched alkanes of at least 4 members (excludes halogenated alkanes) is 2. The van der Waals surface area contributed by atoms with Crippen molar-refractivity contribution in [3.63, 3.8) is 0 Å². The van der Waals surface area contributed by atoms with Crippen LogP contribution in [0.25, 0.3) is 0 Å². The topological polar surface area (TPSA) is 87.0 Å². The Bertz CT molecular complexity index is 585. The summed E-state index contributed by atoms with van der Waals surface area (Å²) in [6, 6.07) is 0. The van der Waals surface area contributed by atoms with Crippen molar-refractivity contribution in [3.8, 4) is 0 Å². The number of aliphatic carboxylic acids is 1. The van der Waals surface area contributed by atoms with Gasteiger partial charge in [-0.1, -0.05) is 45.8 Å². The smallest absolute Gasteiger partial charge is 0.303 e.